The Balaban J connectivity index is 1.83. The summed E-state index contributed by atoms with van der Waals surface area (Å²) in [7, 11) is 0. The van der Waals surface area contributed by atoms with E-state index in [0.29, 0.717) is 6.42 Å². The number of nitrogens with zero attached hydrogens (tertiary/aromatic N) is 1. The van der Waals surface area contributed by atoms with Gasteiger partial charge in [-0.2, -0.15) is 0 Å². The van der Waals surface area contributed by atoms with Crippen molar-refractivity contribution in [1.82, 2.24) is 10.3 Å². The van der Waals surface area contributed by atoms with E-state index in [-0.39, 0.29) is 11.9 Å². The average molecular weight is 205 g/mol. The lowest BCUT2D eigenvalue weighted by Crippen LogP contribution is -2.31. The largest absolute Gasteiger partial charge is 0.368 e. The molecule has 0 spiro atoms. The molecule has 1 aromatic rings. The second kappa shape index (κ2) is 4.29. The number of amides is 1. The van der Waals surface area contributed by atoms with Crippen LogP contribution in [0.4, 0.5) is 5.82 Å². The van der Waals surface area contributed by atoms with Crippen LogP contribution in [0, 0.1) is 6.92 Å². The van der Waals surface area contributed by atoms with Crippen molar-refractivity contribution in [2.24, 2.45) is 0 Å². The predicted molar refractivity (Wildman–Crippen MR) is 58.6 cm³/mol. The van der Waals surface area contributed by atoms with Crippen LogP contribution in [0.25, 0.3) is 0 Å². The second-order valence-corrected chi connectivity index (χ2v) is 3.90. The minimum atomic E-state index is 0.152. The van der Waals surface area contributed by atoms with Gasteiger partial charge in [0.1, 0.15) is 5.82 Å². The monoisotopic (exact) mass is 205 g/mol. The standard InChI is InChI=1S/C11H15N3O/c1-8-2-4-10(12-6-8)13-7-9-3-5-11(15)14-9/h2,4,6,9H,3,5,7H2,1H3,(H,12,13)(H,14,15). The minimum Gasteiger partial charge on any atom is -0.368 e. The topological polar surface area (TPSA) is 54.0 Å². The number of carbonyl (C=O) groups is 1. The first-order chi connectivity index (χ1) is 7.24. The molecular formula is C11H15N3O. The molecule has 1 amide bonds. The van der Waals surface area contributed by atoms with Gasteiger partial charge in [-0.1, -0.05) is 6.07 Å². The molecule has 2 rings (SSSR count). The highest BCUT2D eigenvalue weighted by Crippen LogP contribution is 2.08. The van der Waals surface area contributed by atoms with Crippen molar-refractivity contribution in [3.8, 4) is 0 Å². The quantitative estimate of drug-likeness (QED) is 0.776. The molecule has 2 heterocycles. The smallest absolute Gasteiger partial charge is 0.220 e. The molecule has 80 valence electrons. The van der Waals surface area contributed by atoms with E-state index < -0.39 is 0 Å². The third-order valence-corrected chi connectivity index (χ3v) is 2.53. The SMILES string of the molecule is Cc1ccc(NCC2CCC(=O)N2)nc1. The van der Waals surface area contributed by atoms with Crippen molar-refractivity contribution in [2.45, 2.75) is 25.8 Å². The van der Waals surface area contributed by atoms with Crippen molar-refractivity contribution < 1.29 is 4.79 Å². The Morgan fingerprint density at radius 2 is 2.47 bits per heavy atom. The maximum atomic E-state index is 11.0. The molecule has 2 N–H and O–H groups in total. The van der Waals surface area contributed by atoms with Gasteiger partial charge in [0.05, 0.1) is 0 Å². The summed E-state index contributed by atoms with van der Waals surface area (Å²) < 4.78 is 0. The Labute approximate surface area is 89.1 Å². The first-order valence-corrected chi connectivity index (χ1v) is 5.20. The van der Waals surface area contributed by atoms with Gasteiger partial charge in [0, 0.05) is 25.2 Å². The maximum absolute atomic E-state index is 11.0. The molecule has 1 unspecified atom stereocenters. The van der Waals surface area contributed by atoms with Gasteiger partial charge in [0.15, 0.2) is 0 Å². The summed E-state index contributed by atoms with van der Waals surface area (Å²) in [5, 5.41) is 6.11. The molecule has 1 aromatic heterocycles. The van der Waals surface area contributed by atoms with Crippen LogP contribution in [0.2, 0.25) is 0 Å². The number of hydrogen-bond acceptors (Lipinski definition) is 3. The molecule has 0 radical (unpaired) electrons. The van der Waals surface area contributed by atoms with Crippen LogP contribution in [0.5, 0.6) is 0 Å². The zero-order valence-corrected chi connectivity index (χ0v) is 8.79. The highest BCUT2D eigenvalue weighted by molar-refractivity contribution is 5.78. The van der Waals surface area contributed by atoms with E-state index >= 15 is 0 Å². The Morgan fingerprint density at radius 3 is 3.07 bits per heavy atom. The van der Waals surface area contributed by atoms with Crippen molar-refractivity contribution >= 4 is 11.7 Å². The first-order valence-electron chi connectivity index (χ1n) is 5.20. The second-order valence-electron chi connectivity index (χ2n) is 3.90. The van der Waals surface area contributed by atoms with Crippen LogP contribution in [-0.4, -0.2) is 23.5 Å². The molecule has 1 atom stereocenters. The van der Waals surface area contributed by atoms with E-state index in [2.05, 4.69) is 15.6 Å². The van der Waals surface area contributed by atoms with Gasteiger partial charge in [0.2, 0.25) is 5.91 Å². The number of anilines is 1. The molecule has 1 saturated heterocycles. The van der Waals surface area contributed by atoms with E-state index in [1.165, 1.54) is 0 Å². The molecule has 0 bridgehead atoms. The lowest BCUT2D eigenvalue weighted by Gasteiger charge is -2.11. The van der Waals surface area contributed by atoms with Crippen molar-refractivity contribution in [3.05, 3.63) is 23.9 Å². The third-order valence-electron chi connectivity index (χ3n) is 2.53. The first kappa shape index (κ1) is 9.96. The Kier molecular flexibility index (Phi) is 2.85. The van der Waals surface area contributed by atoms with Gasteiger partial charge in [-0.15, -0.1) is 0 Å². The molecule has 15 heavy (non-hydrogen) atoms. The van der Waals surface area contributed by atoms with E-state index in [1.807, 2.05) is 25.3 Å². The van der Waals surface area contributed by atoms with Crippen LogP contribution in [0.15, 0.2) is 18.3 Å². The zero-order chi connectivity index (χ0) is 10.7. The van der Waals surface area contributed by atoms with Crippen LogP contribution in [0.3, 0.4) is 0 Å². The lowest BCUT2D eigenvalue weighted by atomic mass is 10.2. The number of rotatable bonds is 3. The molecule has 4 nitrogen and oxygen atoms in total. The fourth-order valence-electron chi connectivity index (χ4n) is 1.63. The van der Waals surface area contributed by atoms with Crippen LogP contribution >= 0.6 is 0 Å². The van der Waals surface area contributed by atoms with Crippen LogP contribution in [0.1, 0.15) is 18.4 Å². The Hall–Kier alpha value is -1.58. The van der Waals surface area contributed by atoms with Crippen LogP contribution < -0.4 is 10.6 Å². The summed E-state index contributed by atoms with van der Waals surface area (Å²) in [5.74, 6) is 1.01. The number of aromatic nitrogens is 1. The van der Waals surface area contributed by atoms with E-state index in [0.717, 1.165) is 24.3 Å². The summed E-state index contributed by atoms with van der Waals surface area (Å²) in [6.45, 7) is 2.76. The molecule has 4 heteroatoms. The zero-order valence-electron chi connectivity index (χ0n) is 8.79. The van der Waals surface area contributed by atoms with E-state index in [9.17, 15) is 4.79 Å². The number of aryl methyl sites for hydroxylation is 1. The highest BCUT2D eigenvalue weighted by Gasteiger charge is 2.19. The van der Waals surface area contributed by atoms with Crippen molar-refractivity contribution in [2.75, 3.05) is 11.9 Å². The van der Waals surface area contributed by atoms with Crippen LogP contribution in [-0.2, 0) is 4.79 Å². The summed E-state index contributed by atoms with van der Waals surface area (Å²) in [4.78, 5) is 15.2. The summed E-state index contributed by atoms with van der Waals surface area (Å²) in [5.41, 5.74) is 1.15. The molecule has 1 aliphatic heterocycles. The van der Waals surface area contributed by atoms with E-state index in [4.69, 9.17) is 0 Å². The molecular weight excluding hydrogens is 190 g/mol. The molecule has 1 fully saturated rings. The number of nitrogens with one attached hydrogen (secondary N) is 2. The number of hydrogen-bond donors (Lipinski definition) is 2. The predicted octanol–water partition coefficient (Wildman–Crippen LogP) is 1.08. The maximum Gasteiger partial charge on any atom is 0.220 e. The fraction of sp³-hybridized carbons (Fsp3) is 0.455. The Morgan fingerprint density at radius 1 is 1.60 bits per heavy atom. The number of carbonyl (C=O) groups excluding carboxylic acids is 1. The highest BCUT2D eigenvalue weighted by atomic mass is 16.1. The van der Waals surface area contributed by atoms with Gasteiger partial charge >= 0.3 is 0 Å². The van der Waals surface area contributed by atoms with Gasteiger partial charge in [-0.25, -0.2) is 4.98 Å². The summed E-state index contributed by atoms with van der Waals surface area (Å²) in [6.07, 6.45) is 3.39. The van der Waals surface area contributed by atoms with Crippen molar-refractivity contribution in [1.29, 1.82) is 0 Å². The molecule has 1 aliphatic rings. The molecule has 0 aromatic carbocycles. The summed E-state index contributed by atoms with van der Waals surface area (Å²) >= 11 is 0. The van der Waals surface area contributed by atoms with Gasteiger partial charge in [-0.05, 0) is 25.0 Å². The lowest BCUT2D eigenvalue weighted by molar-refractivity contribution is -0.119. The van der Waals surface area contributed by atoms with Gasteiger partial charge < -0.3 is 10.6 Å². The number of pyridine rings is 1. The normalized spacial score (nSPS) is 20.1. The summed E-state index contributed by atoms with van der Waals surface area (Å²) in [6, 6.07) is 4.22. The Bertz CT molecular complexity index is 347. The van der Waals surface area contributed by atoms with Gasteiger partial charge in [-0.3, -0.25) is 4.79 Å². The fourth-order valence-corrected chi connectivity index (χ4v) is 1.63. The molecule has 0 saturated carbocycles. The minimum absolute atomic E-state index is 0.152. The molecule has 0 aliphatic carbocycles. The van der Waals surface area contributed by atoms with E-state index in [1.54, 1.807) is 0 Å². The third kappa shape index (κ3) is 2.68. The van der Waals surface area contributed by atoms with Gasteiger partial charge in [0.25, 0.3) is 0 Å². The average Bonchev–Trinajstić information content (AvgIpc) is 2.64. The van der Waals surface area contributed by atoms with Crippen molar-refractivity contribution in [3.63, 3.8) is 0 Å².